The zero-order chi connectivity index (χ0) is 17.4. The van der Waals surface area contributed by atoms with Crippen molar-refractivity contribution in [2.75, 3.05) is 0 Å². The van der Waals surface area contributed by atoms with Crippen molar-refractivity contribution in [3.05, 3.63) is 35.6 Å². The van der Waals surface area contributed by atoms with E-state index < -0.39 is 29.9 Å². The van der Waals surface area contributed by atoms with Crippen LogP contribution in [0.5, 0.6) is 0 Å². The monoisotopic (exact) mass is 326 g/mol. The zero-order valence-electron chi connectivity index (χ0n) is 12.6. The van der Waals surface area contributed by atoms with E-state index >= 15 is 0 Å². The summed E-state index contributed by atoms with van der Waals surface area (Å²) in [6, 6.07) is 3.44. The van der Waals surface area contributed by atoms with E-state index in [2.05, 4.69) is 5.32 Å². The third-order valence-electron chi connectivity index (χ3n) is 3.04. The molecule has 0 aromatic heterocycles. The van der Waals surface area contributed by atoms with Crippen molar-refractivity contribution in [3.63, 3.8) is 0 Å². The van der Waals surface area contributed by atoms with E-state index in [0.717, 1.165) is 0 Å². The van der Waals surface area contributed by atoms with Gasteiger partial charge in [-0.2, -0.15) is 0 Å². The Morgan fingerprint density at radius 2 is 1.91 bits per heavy atom. The van der Waals surface area contributed by atoms with Crippen molar-refractivity contribution < 1.29 is 28.6 Å². The molecular weight excluding hydrogens is 307 g/mol. The fourth-order valence-corrected chi connectivity index (χ4v) is 1.60. The maximum Gasteiger partial charge on any atom is 0.325 e. The number of rotatable bonds is 8. The molecule has 4 N–H and O–H groups in total. The van der Waals surface area contributed by atoms with E-state index in [4.69, 9.17) is 15.6 Å². The summed E-state index contributed by atoms with van der Waals surface area (Å²) >= 11 is 0. The molecule has 0 saturated carbocycles. The smallest absolute Gasteiger partial charge is 0.325 e. The van der Waals surface area contributed by atoms with Gasteiger partial charge in [-0.1, -0.05) is 12.1 Å². The molecule has 0 aliphatic rings. The first-order valence-corrected chi connectivity index (χ1v) is 6.98. The molecule has 2 atom stereocenters. The molecule has 8 heteroatoms. The maximum atomic E-state index is 12.7. The van der Waals surface area contributed by atoms with E-state index in [9.17, 15) is 18.8 Å². The lowest BCUT2D eigenvalue weighted by Crippen LogP contribution is -2.47. The molecule has 7 nitrogen and oxygen atoms in total. The molecule has 1 rings (SSSR count). The molecule has 0 heterocycles. The summed E-state index contributed by atoms with van der Waals surface area (Å²) < 4.78 is 17.7. The van der Waals surface area contributed by atoms with Crippen LogP contribution in [0, 0.1) is 5.82 Å². The van der Waals surface area contributed by atoms with Gasteiger partial charge >= 0.3 is 11.9 Å². The number of hydrogen-bond acceptors (Lipinski definition) is 5. The second kappa shape index (κ2) is 8.84. The lowest BCUT2D eigenvalue weighted by molar-refractivity contribution is -0.145. The number of esters is 1. The Kier molecular flexibility index (Phi) is 7.14. The number of nitrogens with one attached hydrogen (secondary N) is 1. The molecule has 0 aliphatic carbocycles. The van der Waals surface area contributed by atoms with Crippen molar-refractivity contribution in [2.24, 2.45) is 5.73 Å². The molecule has 1 aromatic carbocycles. The molecule has 1 aromatic rings. The highest BCUT2D eigenvalue weighted by Crippen LogP contribution is 2.06. The van der Waals surface area contributed by atoms with Gasteiger partial charge in [-0.3, -0.25) is 14.4 Å². The van der Waals surface area contributed by atoms with E-state index in [1.54, 1.807) is 0 Å². The van der Waals surface area contributed by atoms with Crippen LogP contribution in [0.15, 0.2) is 24.3 Å². The van der Waals surface area contributed by atoms with Gasteiger partial charge in [0.1, 0.15) is 18.5 Å². The Bertz CT molecular complexity index is 561. The summed E-state index contributed by atoms with van der Waals surface area (Å²) in [5, 5.41) is 10.9. The van der Waals surface area contributed by atoms with Gasteiger partial charge in [0.25, 0.3) is 0 Å². The number of carboxylic acids is 1. The lowest BCUT2D eigenvalue weighted by atomic mass is 10.1. The Balaban J connectivity index is 2.30. The van der Waals surface area contributed by atoms with Gasteiger partial charge in [-0.25, -0.2) is 4.39 Å². The van der Waals surface area contributed by atoms with Gasteiger partial charge in [-0.05, 0) is 31.0 Å². The SMILES string of the molecule is C[C@H](NC(=O)[C@H](N)CCC(=O)OCc1ccc(F)cc1)C(=O)O. The van der Waals surface area contributed by atoms with Crippen LogP contribution in [0.3, 0.4) is 0 Å². The number of halogens is 1. The third kappa shape index (κ3) is 6.88. The maximum absolute atomic E-state index is 12.7. The number of nitrogens with two attached hydrogens (primary N) is 1. The van der Waals surface area contributed by atoms with Crippen LogP contribution in [-0.2, 0) is 25.7 Å². The van der Waals surface area contributed by atoms with Crippen molar-refractivity contribution in [3.8, 4) is 0 Å². The number of carbonyl (C=O) groups is 3. The van der Waals surface area contributed by atoms with Crippen molar-refractivity contribution in [1.29, 1.82) is 0 Å². The quantitative estimate of drug-likeness (QED) is 0.601. The van der Waals surface area contributed by atoms with Crippen molar-refractivity contribution in [1.82, 2.24) is 5.32 Å². The first-order valence-electron chi connectivity index (χ1n) is 6.98. The number of hydrogen-bond donors (Lipinski definition) is 3. The van der Waals surface area contributed by atoms with Gasteiger partial charge in [0.15, 0.2) is 0 Å². The van der Waals surface area contributed by atoms with Gasteiger partial charge < -0.3 is 20.9 Å². The van der Waals surface area contributed by atoms with E-state index in [1.807, 2.05) is 0 Å². The second-order valence-electron chi connectivity index (χ2n) is 5.00. The van der Waals surface area contributed by atoms with Crippen LogP contribution in [0.4, 0.5) is 4.39 Å². The van der Waals surface area contributed by atoms with Crippen LogP contribution in [0.25, 0.3) is 0 Å². The number of aliphatic carboxylic acids is 1. The van der Waals surface area contributed by atoms with Gasteiger partial charge in [0.05, 0.1) is 6.04 Å². The third-order valence-corrected chi connectivity index (χ3v) is 3.04. The molecular formula is C15H19FN2O5. The molecule has 0 radical (unpaired) electrons. The molecule has 0 aliphatic heterocycles. The van der Waals surface area contributed by atoms with Crippen LogP contribution < -0.4 is 11.1 Å². The Hall–Kier alpha value is -2.48. The van der Waals surface area contributed by atoms with Crippen LogP contribution in [-0.4, -0.2) is 35.0 Å². The zero-order valence-corrected chi connectivity index (χ0v) is 12.6. The Morgan fingerprint density at radius 3 is 2.48 bits per heavy atom. The van der Waals surface area contributed by atoms with E-state index in [1.165, 1.54) is 31.2 Å². The fraction of sp³-hybridized carbons (Fsp3) is 0.400. The Morgan fingerprint density at radius 1 is 1.30 bits per heavy atom. The van der Waals surface area contributed by atoms with Gasteiger partial charge in [-0.15, -0.1) is 0 Å². The van der Waals surface area contributed by atoms with E-state index in [0.29, 0.717) is 5.56 Å². The molecule has 1 amide bonds. The van der Waals surface area contributed by atoms with Gasteiger partial charge in [0.2, 0.25) is 5.91 Å². The Labute approximate surface area is 132 Å². The van der Waals surface area contributed by atoms with E-state index in [-0.39, 0.29) is 25.3 Å². The predicted octanol–water partition coefficient (Wildman–Crippen LogP) is 0.566. The number of carboxylic acid groups (broad SMARTS) is 1. The second-order valence-corrected chi connectivity index (χ2v) is 5.00. The van der Waals surface area contributed by atoms with Crippen LogP contribution >= 0.6 is 0 Å². The highest BCUT2D eigenvalue weighted by molar-refractivity contribution is 5.86. The number of carbonyl (C=O) groups excluding carboxylic acids is 2. The summed E-state index contributed by atoms with van der Waals surface area (Å²) in [5.74, 6) is -2.76. The molecule has 0 unspecified atom stereocenters. The molecule has 0 saturated heterocycles. The molecule has 0 fully saturated rings. The number of amides is 1. The average molecular weight is 326 g/mol. The number of ether oxygens (including phenoxy) is 1. The minimum Gasteiger partial charge on any atom is -0.480 e. The van der Waals surface area contributed by atoms with Crippen LogP contribution in [0.2, 0.25) is 0 Å². The fourth-order valence-electron chi connectivity index (χ4n) is 1.60. The molecule has 0 spiro atoms. The summed E-state index contributed by atoms with van der Waals surface area (Å²) in [5.41, 5.74) is 6.22. The summed E-state index contributed by atoms with van der Waals surface area (Å²) in [7, 11) is 0. The largest absolute Gasteiger partial charge is 0.480 e. The normalized spacial score (nSPS) is 13.0. The minimum atomic E-state index is -1.18. The molecule has 23 heavy (non-hydrogen) atoms. The standard InChI is InChI=1S/C15H19FN2O5/c1-9(15(21)22)18-14(20)12(17)6-7-13(19)23-8-10-2-4-11(16)5-3-10/h2-5,9,12H,6-8,17H2,1H3,(H,18,20)(H,21,22)/t9-,12+/m0/s1. The first kappa shape index (κ1) is 18.6. The lowest BCUT2D eigenvalue weighted by Gasteiger charge is -2.14. The highest BCUT2D eigenvalue weighted by atomic mass is 19.1. The summed E-state index contributed by atoms with van der Waals surface area (Å²) in [4.78, 5) is 33.8. The summed E-state index contributed by atoms with van der Waals surface area (Å²) in [6.45, 7) is 1.31. The van der Waals surface area contributed by atoms with Gasteiger partial charge in [0, 0.05) is 6.42 Å². The first-order chi connectivity index (χ1) is 10.8. The topological polar surface area (TPSA) is 119 Å². The molecule has 126 valence electrons. The minimum absolute atomic E-state index is 0.00338. The van der Waals surface area contributed by atoms with Crippen molar-refractivity contribution in [2.45, 2.75) is 38.5 Å². The number of benzene rings is 1. The summed E-state index contributed by atoms with van der Waals surface area (Å²) in [6.07, 6.45) is -0.0579. The van der Waals surface area contributed by atoms with Crippen molar-refractivity contribution >= 4 is 17.8 Å². The predicted molar refractivity (Wildman–Crippen MR) is 78.6 cm³/mol. The molecule has 0 bridgehead atoms. The highest BCUT2D eigenvalue weighted by Gasteiger charge is 2.20. The average Bonchev–Trinajstić information content (AvgIpc) is 2.51. The van der Waals surface area contributed by atoms with Crippen LogP contribution in [0.1, 0.15) is 25.3 Å².